The van der Waals surface area contributed by atoms with E-state index in [0.717, 1.165) is 29.8 Å². The number of ether oxygens (including phenoxy) is 1. The van der Waals surface area contributed by atoms with E-state index in [9.17, 15) is 22.4 Å². The van der Waals surface area contributed by atoms with Gasteiger partial charge in [-0.05, 0) is 23.8 Å². The summed E-state index contributed by atoms with van der Waals surface area (Å²) in [6.07, 6.45) is -5.77. The van der Waals surface area contributed by atoms with Crippen LogP contribution in [0.3, 0.4) is 0 Å². The van der Waals surface area contributed by atoms with Crippen molar-refractivity contribution in [3.05, 3.63) is 65.5 Å². The predicted molar refractivity (Wildman–Crippen MR) is 82.6 cm³/mol. The van der Waals surface area contributed by atoms with Crippen molar-refractivity contribution >= 4 is 5.91 Å². The van der Waals surface area contributed by atoms with Crippen molar-refractivity contribution in [2.45, 2.75) is 31.2 Å². The van der Waals surface area contributed by atoms with Crippen LogP contribution < -0.4 is 10.1 Å². The summed E-state index contributed by atoms with van der Waals surface area (Å²) in [4.78, 5) is 12.4. The van der Waals surface area contributed by atoms with E-state index in [1.165, 1.54) is 0 Å². The van der Waals surface area contributed by atoms with Gasteiger partial charge in [0.1, 0.15) is 11.6 Å². The van der Waals surface area contributed by atoms with Crippen LogP contribution in [0.2, 0.25) is 0 Å². The molecular weight excluding hydrogens is 338 g/mol. The summed E-state index contributed by atoms with van der Waals surface area (Å²) in [6.45, 7) is 1.72. The van der Waals surface area contributed by atoms with Gasteiger partial charge >= 0.3 is 6.18 Å². The zero-order valence-electron chi connectivity index (χ0n) is 13.2. The van der Waals surface area contributed by atoms with Crippen LogP contribution in [0.5, 0.6) is 5.75 Å². The fourth-order valence-corrected chi connectivity index (χ4v) is 2.88. The monoisotopic (exact) mass is 353 g/mol. The number of alkyl halides is 3. The number of amides is 1. The molecule has 25 heavy (non-hydrogen) atoms. The number of nitrogens with one attached hydrogen (secondary N) is 1. The van der Waals surface area contributed by atoms with Crippen molar-refractivity contribution in [1.29, 1.82) is 0 Å². The second-order valence-electron chi connectivity index (χ2n) is 5.90. The van der Waals surface area contributed by atoms with Gasteiger partial charge in [0, 0.05) is 11.5 Å². The smallest absolute Gasteiger partial charge is 0.412 e. The Morgan fingerprint density at radius 2 is 1.76 bits per heavy atom. The minimum absolute atomic E-state index is 0.245. The fourth-order valence-electron chi connectivity index (χ4n) is 2.88. The summed E-state index contributed by atoms with van der Waals surface area (Å²) in [6, 6.07) is 8.55. The highest BCUT2D eigenvalue weighted by Gasteiger charge is 2.45. The number of halogens is 4. The van der Waals surface area contributed by atoms with E-state index in [2.05, 4.69) is 0 Å². The fraction of sp³-hybridized carbons (Fsp3) is 0.278. The van der Waals surface area contributed by atoms with Gasteiger partial charge in [-0.25, -0.2) is 4.39 Å². The quantitative estimate of drug-likeness (QED) is 0.844. The van der Waals surface area contributed by atoms with Crippen molar-refractivity contribution < 1.29 is 27.1 Å². The largest absolute Gasteiger partial charge is 0.480 e. The lowest BCUT2D eigenvalue weighted by Gasteiger charge is -2.24. The Kier molecular flexibility index (Phi) is 4.41. The van der Waals surface area contributed by atoms with Gasteiger partial charge in [0.05, 0.1) is 0 Å². The minimum Gasteiger partial charge on any atom is -0.480 e. The number of para-hydroxylation sites is 1. The molecule has 0 radical (unpaired) electrons. The summed E-state index contributed by atoms with van der Waals surface area (Å²) in [5.74, 6) is -1.41. The lowest BCUT2D eigenvalue weighted by Crippen LogP contribution is -2.45. The molecule has 132 valence electrons. The average Bonchev–Trinajstić information content (AvgIpc) is 2.90. The van der Waals surface area contributed by atoms with Crippen molar-refractivity contribution in [3.8, 4) is 5.75 Å². The number of hydrogen-bond acceptors (Lipinski definition) is 2. The molecule has 3 nitrogen and oxygen atoms in total. The van der Waals surface area contributed by atoms with Crippen LogP contribution in [0.25, 0.3) is 0 Å². The first-order chi connectivity index (χ1) is 11.8. The number of carbonyl (C=O) groups is 1. The maximum atomic E-state index is 13.4. The first-order valence-corrected chi connectivity index (χ1v) is 7.65. The summed E-state index contributed by atoms with van der Waals surface area (Å²) in [7, 11) is 0. The molecule has 3 unspecified atom stereocenters. The highest BCUT2D eigenvalue weighted by Crippen LogP contribution is 2.39. The lowest BCUT2D eigenvalue weighted by atomic mass is 9.96. The van der Waals surface area contributed by atoms with Crippen molar-refractivity contribution in [3.63, 3.8) is 0 Å². The summed E-state index contributed by atoms with van der Waals surface area (Å²) in [5.41, 5.74) is 0.526. The van der Waals surface area contributed by atoms with E-state index < -0.39 is 30.0 Å². The van der Waals surface area contributed by atoms with Crippen molar-refractivity contribution in [2.24, 2.45) is 0 Å². The van der Waals surface area contributed by atoms with E-state index in [-0.39, 0.29) is 11.5 Å². The molecule has 0 fully saturated rings. The number of hydrogen-bond donors (Lipinski definition) is 1. The highest BCUT2D eigenvalue weighted by atomic mass is 19.4. The third kappa shape index (κ3) is 3.45. The van der Waals surface area contributed by atoms with Gasteiger partial charge in [-0.3, -0.25) is 4.79 Å². The van der Waals surface area contributed by atoms with E-state index in [1.54, 1.807) is 31.2 Å². The van der Waals surface area contributed by atoms with E-state index >= 15 is 0 Å². The first-order valence-electron chi connectivity index (χ1n) is 7.65. The minimum atomic E-state index is -4.72. The number of rotatable bonds is 3. The number of fused-ring (bicyclic) bond motifs is 1. The Bertz CT molecular complexity index is 773. The molecule has 1 amide bonds. The van der Waals surface area contributed by atoms with E-state index in [1.807, 2.05) is 5.32 Å². The van der Waals surface area contributed by atoms with Crippen LogP contribution in [-0.2, 0) is 4.79 Å². The van der Waals surface area contributed by atoms with Gasteiger partial charge in [0.15, 0.2) is 12.1 Å². The van der Waals surface area contributed by atoms with Gasteiger partial charge in [-0.2, -0.15) is 13.2 Å². The Hall–Kier alpha value is -2.57. The molecule has 0 saturated heterocycles. The molecule has 7 heteroatoms. The molecule has 1 N–H and O–H groups in total. The van der Waals surface area contributed by atoms with Crippen LogP contribution in [0.4, 0.5) is 17.6 Å². The Labute approximate surface area is 141 Å². The topological polar surface area (TPSA) is 38.3 Å². The third-order valence-corrected chi connectivity index (χ3v) is 4.19. The molecule has 3 atom stereocenters. The molecule has 2 aromatic carbocycles. The third-order valence-electron chi connectivity index (χ3n) is 4.19. The van der Waals surface area contributed by atoms with E-state index in [0.29, 0.717) is 5.75 Å². The summed E-state index contributed by atoms with van der Waals surface area (Å²) >= 11 is 0. The molecule has 0 aliphatic carbocycles. The Morgan fingerprint density at radius 1 is 1.12 bits per heavy atom. The zero-order valence-corrected chi connectivity index (χ0v) is 13.2. The lowest BCUT2D eigenvalue weighted by molar-refractivity contribution is -0.165. The second kappa shape index (κ2) is 6.38. The second-order valence-corrected chi connectivity index (χ2v) is 5.90. The molecule has 1 aliphatic heterocycles. The molecule has 2 aromatic rings. The van der Waals surface area contributed by atoms with Gasteiger partial charge in [-0.1, -0.05) is 37.3 Å². The van der Waals surface area contributed by atoms with Crippen molar-refractivity contribution in [2.75, 3.05) is 0 Å². The van der Waals surface area contributed by atoms with E-state index in [4.69, 9.17) is 4.74 Å². The van der Waals surface area contributed by atoms with Gasteiger partial charge in [0.2, 0.25) is 0 Å². The standard InChI is InChI=1S/C18H15F4NO2/c1-10-13-4-2-3-5-14(13)25-15(10)17(24)23-16(18(20,21)22)11-6-8-12(19)9-7-11/h2-10,15-16H,1H3,(H,23,24). The SMILES string of the molecule is CC1c2ccccc2OC1C(=O)NC(c1ccc(F)cc1)C(F)(F)F. The molecule has 0 aromatic heterocycles. The molecule has 1 heterocycles. The first kappa shape index (κ1) is 17.3. The summed E-state index contributed by atoms with van der Waals surface area (Å²) in [5, 5.41) is 1.99. The van der Waals surface area contributed by atoms with Crippen molar-refractivity contribution in [1.82, 2.24) is 5.32 Å². The maximum absolute atomic E-state index is 13.4. The Balaban J connectivity index is 1.81. The zero-order chi connectivity index (χ0) is 18.2. The predicted octanol–water partition coefficient (Wildman–Crippen LogP) is 4.11. The van der Waals surface area contributed by atoms with Crippen LogP contribution in [0.15, 0.2) is 48.5 Å². The highest BCUT2D eigenvalue weighted by molar-refractivity contribution is 5.84. The maximum Gasteiger partial charge on any atom is 0.412 e. The van der Waals surface area contributed by atoms with Crippen LogP contribution in [-0.4, -0.2) is 18.2 Å². The summed E-state index contributed by atoms with van der Waals surface area (Å²) < 4.78 is 58.6. The molecule has 0 saturated carbocycles. The van der Waals surface area contributed by atoms with Crippen LogP contribution >= 0.6 is 0 Å². The average molecular weight is 353 g/mol. The van der Waals surface area contributed by atoms with Crippen LogP contribution in [0, 0.1) is 5.82 Å². The number of carbonyl (C=O) groups excluding carboxylic acids is 1. The van der Waals surface area contributed by atoms with Crippen LogP contribution in [0.1, 0.15) is 30.0 Å². The molecule has 3 rings (SSSR count). The van der Waals surface area contributed by atoms with Gasteiger partial charge < -0.3 is 10.1 Å². The van der Waals surface area contributed by atoms with Gasteiger partial charge in [0.25, 0.3) is 5.91 Å². The number of benzene rings is 2. The molecule has 0 spiro atoms. The normalized spacial score (nSPS) is 20.5. The Morgan fingerprint density at radius 3 is 2.36 bits per heavy atom. The van der Waals surface area contributed by atoms with Gasteiger partial charge in [-0.15, -0.1) is 0 Å². The molecule has 0 bridgehead atoms. The molecule has 1 aliphatic rings. The molecular formula is C18H15F4NO2.